The summed E-state index contributed by atoms with van der Waals surface area (Å²) in [4.78, 5) is 0. The second-order valence-electron chi connectivity index (χ2n) is 2.72. The van der Waals surface area contributed by atoms with Crippen LogP contribution in [0.5, 0.6) is 0 Å². The molecule has 2 aromatic rings. The number of rotatable bonds is 2. The molecule has 0 fully saturated rings. The highest BCUT2D eigenvalue weighted by atomic mass is 32.1. The molecule has 0 saturated carbocycles. The molecular weight excluding hydrogens is 180 g/mol. The van der Waals surface area contributed by atoms with Crippen LogP contribution < -0.4 is 0 Å². The third kappa shape index (κ3) is 1.58. The SMILES string of the molecule is CO/C=C\c1cccc2sccc12. The minimum absolute atomic E-state index is 1.21. The average Bonchev–Trinajstić information content (AvgIpc) is 2.62. The Labute approximate surface area is 81.3 Å². The maximum absolute atomic E-state index is 4.89. The first kappa shape index (κ1) is 8.32. The Kier molecular flexibility index (Phi) is 2.32. The monoisotopic (exact) mass is 190 g/mol. The van der Waals surface area contributed by atoms with Gasteiger partial charge in [0.05, 0.1) is 13.4 Å². The summed E-state index contributed by atoms with van der Waals surface area (Å²) in [6, 6.07) is 8.41. The van der Waals surface area contributed by atoms with Gasteiger partial charge in [-0.1, -0.05) is 12.1 Å². The Morgan fingerprint density at radius 1 is 1.31 bits per heavy atom. The summed E-state index contributed by atoms with van der Waals surface area (Å²) in [7, 11) is 1.66. The molecule has 0 bridgehead atoms. The van der Waals surface area contributed by atoms with Gasteiger partial charge in [-0.25, -0.2) is 0 Å². The zero-order chi connectivity index (χ0) is 9.10. The predicted molar refractivity (Wildman–Crippen MR) is 57.9 cm³/mol. The van der Waals surface area contributed by atoms with Gasteiger partial charge in [-0.15, -0.1) is 11.3 Å². The number of methoxy groups -OCH3 is 1. The van der Waals surface area contributed by atoms with Gasteiger partial charge in [-0.2, -0.15) is 0 Å². The van der Waals surface area contributed by atoms with Crippen LogP contribution in [-0.2, 0) is 4.74 Å². The summed E-state index contributed by atoms with van der Waals surface area (Å²) < 4.78 is 6.21. The Morgan fingerprint density at radius 2 is 2.23 bits per heavy atom. The van der Waals surface area contributed by atoms with Crippen LogP contribution in [0.1, 0.15) is 5.56 Å². The lowest BCUT2D eigenvalue weighted by Gasteiger charge is -1.95. The largest absolute Gasteiger partial charge is 0.504 e. The molecule has 2 heteroatoms. The molecule has 1 aromatic heterocycles. The molecule has 0 radical (unpaired) electrons. The molecular formula is C11H10OS. The van der Waals surface area contributed by atoms with E-state index in [-0.39, 0.29) is 0 Å². The maximum atomic E-state index is 4.89. The molecule has 66 valence electrons. The molecule has 13 heavy (non-hydrogen) atoms. The zero-order valence-corrected chi connectivity index (χ0v) is 8.17. The van der Waals surface area contributed by atoms with Crippen LogP contribution in [0.4, 0.5) is 0 Å². The Bertz CT molecular complexity index is 428. The van der Waals surface area contributed by atoms with Crippen molar-refractivity contribution >= 4 is 27.5 Å². The van der Waals surface area contributed by atoms with Crippen LogP contribution in [0, 0.1) is 0 Å². The lowest BCUT2D eigenvalue weighted by atomic mass is 10.1. The quantitative estimate of drug-likeness (QED) is 0.658. The van der Waals surface area contributed by atoms with Crippen molar-refractivity contribution in [2.45, 2.75) is 0 Å². The first-order valence-corrected chi connectivity index (χ1v) is 4.95. The molecule has 0 N–H and O–H groups in total. The molecule has 0 saturated heterocycles. The molecule has 2 rings (SSSR count). The van der Waals surface area contributed by atoms with Crippen LogP contribution >= 0.6 is 11.3 Å². The maximum Gasteiger partial charge on any atom is 0.0830 e. The summed E-state index contributed by atoms with van der Waals surface area (Å²) in [5.41, 5.74) is 1.21. The van der Waals surface area contributed by atoms with Gasteiger partial charge in [0.15, 0.2) is 0 Å². The second kappa shape index (κ2) is 3.62. The van der Waals surface area contributed by atoms with E-state index in [1.54, 1.807) is 24.7 Å². The smallest absolute Gasteiger partial charge is 0.0830 e. The van der Waals surface area contributed by atoms with E-state index in [1.165, 1.54) is 15.6 Å². The lowest BCUT2D eigenvalue weighted by Crippen LogP contribution is -1.73. The van der Waals surface area contributed by atoms with E-state index >= 15 is 0 Å². The van der Waals surface area contributed by atoms with Crippen molar-refractivity contribution in [1.29, 1.82) is 0 Å². The molecule has 0 atom stereocenters. The Hall–Kier alpha value is -1.28. The third-order valence-electron chi connectivity index (χ3n) is 1.91. The van der Waals surface area contributed by atoms with Crippen molar-refractivity contribution in [3.63, 3.8) is 0 Å². The molecule has 0 aliphatic heterocycles. The van der Waals surface area contributed by atoms with Gasteiger partial charge < -0.3 is 4.74 Å². The summed E-state index contributed by atoms with van der Waals surface area (Å²) in [6.07, 6.45) is 3.68. The molecule has 0 aliphatic rings. The van der Waals surface area contributed by atoms with Gasteiger partial charge in [0.2, 0.25) is 0 Å². The standard InChI is InChI=1S/C11H10OS/c1-12-7-5-9-3-2-4-11-10(9)6-8-13-11/h2-8H,1H3/b7-5-. The molecule has 1 heterocycles. The molecule has 1 nitrogen and oxygen atoms in total. The van der Waals surface area contributed by atoms with E-state index in [1.807, 2.05) is 6.08 Å². The van der Waals surface area contributed by atoms with Crippen LogP contribution in [0.15, 0.2) is 35.9 Å². The first-order chi connectivity index (χ1) is 6.42. The molecule has 0 spiro atoms. The van der Waals surface area contributed by atoms with Gasteiger partial charge in [-0.05, 0) is 34.5 Å². The number of thiophene rings is 1. The number of hydrogen-bond donors (Lipinski definition) is 0. The van der Waals surface area contributed by atoms with E-state index in [0.717, 1.165) is 0 Å². The van der Waals surface area contributed by atoms with Crippen molar-refractivity contribution in [2.24, 2.45) is 0 Å². The normalized spacial score (nSPS) is 11.2. The van der Waals surface area contributed by atoms with Gasteiger partial charge in [0.25, 0.3) is 0 Å². The summed E-state index contributed by atoms with van der Waals surface area (Å²) >= 11 is 1.76. The van der Waals surface area contributed by atoms with Crippen molar-refractivity contribution in [3.8, 4) is 0 Å². The molecule has 1 aromatic carbocycles. The number of fused-ring (bicyclic) bond motifs is 1. The van der Waals surface area contributed by atoms with E-state index in [0.29, 0.717) is 0 Å². The first-order valence-electron chi connectivity index (χ1n) is 4.07. The summed E-state index contributed by atoms with van der Waals surface area (Å²) in [5, 5.41) is 3.40. The van der Waals surface area contributed by atoms with Crippen molar-refractivity contribution < 1.29 is 4.74 Å². The van der Waals surface area contributed by atoms with Crippen LogP contribution in [0.2, 0.25) is 0 Å². The second-order valence-corrected chi connectivity index (χ2v) is 3.67. The number of ether oxygens (including phenoxy) is 1. The fraction of sp³-hybridized carbons (Fsp3) is 0.0909. The van der Waals surface area contributed by atoms with Gasteiger partial charge in [0, 0.05) is 4.70 Å². The van der Waals surface area contributed by atoms with Crippen molar-refractivity contribution in [2.75, 3.05) is 7.11 Å². The highest BCUT2D eigenvalue weighted by Gasteiger charge is 1.97. The predicted octanol–water partition coefficient (Wildman–Crippen LogP) is 3.52. The molecule has 0 aliphatic carbocycles. The molecule has 0 amide bonds. The van der Waals surface area contributed by atoms with Crippen molar-refractivity contribution in [3.05, 3.63) is 41.5 Å². The average molecular weight is 190 g/mol. The van der Waals surface area contributed by atoms with E-state index in [4.69, 9.17) is 4.74 Å². The van der Waals surface area contributed by atoms with Crippen LogP contribution in [0.25, 0.3) is 16.2 Å². The van der Waals surface area contributed by atoms with Gasteiger partial charge in [-0.3, -0.25) is 0 Å². The van der Waals surface area contributed by atoms with Crippen molar-refractivity contribution in [1.82, 2.24) is 0 Å². The van der Waals surface area contributed by atoms with E-state index < -0.39 is 0 Å². The van der Waals surface area contributed by atoms with Crippen LogP contribution in [-0.4, -0.2) is 7.11 Å². The zero-order valence-electron chi connectivity index (χ0n) is 7.36. The minimum atomic E-state index is 1.21. The number of hydrogen-bond acceptors (Lipinski definition) is 2. The summed E-state index contributed by atoms with van der Waals surface area (Å²) in [6.45, 7) is 0. The van der Waals surface area contributed by atoms with Gasteiger partial charge in [0.1, 0.15) is 0 Å². The lowest BCUT2D eigenvalue weighted by molar-refractivity contribution is 0.341. The van der Waals surface area contributed by atoms with Gasteiger partial charge >= 0.3 is 0 Å². The highest BCUT2D eigenvalue weighted by Crippen LogP contribution is 2.24. The van der Waals surface area contributed by atoms with Crippen LogP contribution in [0.3, 0.4) is 0 Å². The topological polar surface area (TPSA) is 9.23 Å². The minimum Gasteiger partial charge on any atom is -0.504 e. The van der Waals surface area contributed by atoms with E-state index in [2.05, 4.69) is 29.6 Å². The molecule has 0 unspecified atom stereocenters. The Balaban J connectivity index is 2.54. The van der Waals surface area contributed by atoms with E-state index in [9.17, 15) is 0 Å². The third-order valence-corrected chi connectivity index (χ3v) is 2.80. The highest BCUT2D eigenvalue weighted by molar-refractivity contribution is 7.17. The summed E-state index contributed by atoms with van der Waals surface area (Å²) in [5.74, 6) is 0. The fourth-order valence-electron chi connectivity index (χ4n) is 1.30. The fourth-order valence-corrected chi connectivity index (χ4v) is 2.12. The number of benzene rings is 1. The Morgan fingerprint density at radius 3 is 3.08 bits per heavy atom.